The predicted octanol–water partition coefficient (Wildman–Crippen LogP) is 7.83. The van der Waals surface area contributed by atoms with E-state index in [9.17, 15) is 61.0 Å². The summed E-state index contributed by atoms with van der Waals surface area (Å²) < 4.78 is 34.3. The summed E-state index contributed by atoms with van der Waals surface area (Å²) in [7, 11) is 0. The van der Waals surface area contributed by atoms with Gasteiger partial charge in [0.1, 0.15) is 73.2 Å². The summed E-state index contributed by atoms with van der Waals surface area (Å²) in [6.45, 7) is 1.70. The highest BCUT2D eigenvalue weighted by molar-refractivity contribution is 5.76. The maximum Gasteiger partial charge on any atom is 0.220 e. The van der Waals surface area contributed by atoms with Crippen LogP contribution >= 0.6 is 0 Å². The molecule has 0 aliphatic carbocycles. The van der Waals surface area contributed by atoms with Crippen molar-refractivity contribution in [2.75, 3.05) is 26.4 Å². The molecular weight excluding hydrogens is 1090 g/mol. The van der Waals surface area contributed by atoms with Crippen LogP contribution < -0.4 is 5.32 Å². The molecule has 0 spiro atoms. The van der Waals surface area contributed by atoms with Gasteiger partial charge in [0.2, 0.25) is 5.91 Å². The molecule has 12 N–H and O–H groups in total. The average molecular weight is 1210 g/mol. The first-order valence-electron chi connectivity index (χ1n) is 33.4. The minimum absolute atomic E-state index is 0.232. The van der Waals surface area contributed by atoms with Gasteiger partial charge in [-0.05, 0) is 64.2 Å². The Kier molecular flexibility index (Phi) is 44.0. The van der Waals surface area contributed by atoms with Gasteiger partial charge in [-0.2, -0.15) is 0 Å². The Morgan fingerprint density at radius 2 is 0.788 bits per heavy atom. The highest BCUT2D eigenvalue weighted by atomic mass is 16.8. The van der Waals surface area contributed by atoms with Gasteiger partial charge in [-0.15, -0.1) is 0 Å². The van der Waals surface area contributed by atoms with E-state index in [-0.39, 0.29) is 18.9 Å². The Morgan fingerprint density at radius 3 is 1.25 bits per heavy atom. The molecule has 19 nitrogen and oxygen atoms in total. The van der Waals surface area contributed by atoms with Gasteiger partial charge in [0.15, 0.2) is 18.9 Å². The quantitative estimate of drug-likeness (QED) is 0.0204. The fraction of sp³-hybridized carbons (Fsp3) is 0.864. The Hall–Kier alpha value is -2.25. The first kappa shape index (κ1) is 77.0. The molecule has 0 aromatic carbocycles. The zero-order valence-electron chi connectivity index (χ0n) is 52.1. The SMILES string of the molecule is CCCCCCC/C=C\C/C=C\CCCCCCCCCCCCCC(=O)NC(COC1OC(CO)C(OC2OC(CO)C(OC3OC(CO)C(O)C(O)C3O)C(O)C2O)C(O)C1O)C(O)/C=C/CC/C=C/CCCCCCCCCCCCC. The summed E-state index contributed by atoms with van der Waals surface area (Å²) in [5.41, 5.74) is 0. The number of aliphatic hydroxyl groups is 11. The van der Waals surface area contributed by atoms with E-state index in [1.54, 1.807) is 6.08 Å². The van der Waals surface area contributed by atoms with Gasteiger partial charge in [0, 0.05) is 6.42 Å². The zero-order chi connectivity index (χ0) is 61.9. The van der Waals surface area contributed by atoms with Crippen LogP contribution in [0.5, 0.6) is 0 Å². The fourth-order valence-corrected chi connectivity index (χ4v) is 11.1. The highest BCUT2D eigenvalue weighted by Crippen LogP contribution is 2.33. The summed E-state index contributed by atoms with van der Waals surface area (Å²) in [5, 5.41) is 120. The van der Waals surface area contributed by atoms with Gasteiger partial charge >= 0.3 is 0 Å². The number of hydrogen-bond donors (Lipinski definition) is 12. The van der Waals surface area contributed by atoms with Crippen molar-refractivity contribution < 1.29 is 89.4 Å². The minimum atomic E-state index is -1.98. The largest absolute Gasteiger partial charge is 0.394 e. The highest BCUT2D eigenvalue weighted by Gasteiger charge is 2.53. The molecule has 0 saturated carbocycles. The third kappa shape index (κ3) is 31.4. The molecule has 3 rings (SSSR count). The second kappa shape index (κ2) is 48.6. The number of rotatable bonds is 50. The van der Waals surface area contributed by atoms with Gasteiger partial charge in [-0.3, -0.25) is 4.79 Å². The summed E-state index contributed by atoms with van der Waals surface area (Å²) in [6.07, 6.45) is 29.4. The van der Waals surface area contributed by atoms with E-state index in [0.29, 0.717) is 12.8 Å². The van der Waals surface area contributed by atoms with E-state index >= 15 is 0 Å². The van der Waals surface area contributed by atoms with Crippen LogP contribution in [0.1, 0.15) is 232 Å². The number of amides is 1. The van der Waals surface area contributed by atoms with Gasteiger partial charge in [0.05, 0.1) is 38.6 Å². The smallest absolute Gasteiger partial charge is 0.220 e. The van der Waals surface area contributed by atoms with E-state index < -0.39 is 124 Å². The van der Waals surface area contributed by atoms with Gasteiger partial charge in [-0.1, -0.05) is 210 Å². The Bertz CT molecular complexity index is 1740. The summed E-state index contributed by atoms with van der Waals surface area (Å²) >= 11 is 0. The van der Waals surface area contributed by atoms with Gasteiger partial charge in [-0.25, -0.2) is 0 Å². The van der Waals surface area contributed by atoms with Crippen LogP contribution in [0.3, 0.4) is 0 Å². The number of aliphatic hydroxyl groups excluding tert-OH is 11. The second-order valence-electron chi connectivity index (χ2n) is 23.9. The molecule has 0 radical (unpaired) electrons. The Balaban J connectivity index is 1.47. The number of unbranched alkanes of at least 4 members (excludes halogenated alkanes) is 28. The lowest BCUT2D eigenvalue weighted by atomic mass is 9.96. The molecular formula is C66H119NO18. The lowest BCUT2D eigenvalue weighted by molar-refractivity contribution is -0.379. The number of ether oxygens (including phenoxy) is 6. The number of nitrogens with one attached hydrogen (secondary N) is 1. The number of hydrogen-bond acceptors (Lipinski definition) is 18. The summed E-state index contributed by atoms with van der Waals surface area (Å²) in [6, 6.07) is -0.992. The van der Waals surface area contributed by atoms with Crippen molar-refractivity contribution in [3.63, 3.8) is 0 Å². The van der Waals surface area contributed by atoms with Crippen molar-refractivity contribution in [1.29, 1.82) is 0 Å². The van der Waals surface area contributed by atoms with Crippen molar-refractivity contribution in [1.82, 2.24) is 5.32 Å². The third-order valence-electron chi connectivity index (χ3n) is 16.6. The van der Waals surface area contributed by atoms with E-state index in [2.05, 4.69) is 55.6 Å². The van der Waals surface area contributed by atoms with E-state index in [4.69, 9.17) is 28.4 Å². The van der Waals surface area contributed by atoms with E-state index in [0.717, 1.165) is 51.4 Å². The maximum atomic E-state index is 13.4. The van der Waals surface area contributed by atoms with Crippen LogP contribution in [-0.4, -0.2) is 193 Å². The van der Waals surface area contributed by atoms with Crippen LogP contribution in [0, 0.1) is 0 Å². The van der Waals surface area contributed by atoms with Crippen LogP contribution in [0.4, 0.5) is 0 Å². The van der Waals surface area contributed by atoms with Crippen molar-refractivity contribution in [3.8, 4) is 0 Å². The lowest BCUT2D eigenvalue weighted by Gasteiger charge is -2.48. The summed E-state index contributed by atoms with van der Waals surface area (Å²) in [4.78, 5) is 13.4. The second-order valence-corrected chi connectivity index (χ2v) is 23.9. The molecule has 85 heavy (non-hydrogen) atoms. The molecule has 3 saturated heterocycles. The van der Waals surface area contributed by atoms with E-state index in [1.807, 2.05) is 6.08 Å². The molecule has 0 aromatic heterocycles. The number of carbonyl (C=O) groups is 1. The average Bonchev–Trinajstić information content (AvgIpc) is 3.64. The molecule has 496 valence electrons. The number of carbonyl (C=O) groups excluding carboxylic acids is 1. The molecule has 3 fully saturated rings. The molecule has 3 aliphatic rings. The number of allylic oxidation sites excluding steroid dienone is 7. The van der Waals surface area contributed by atoms with Crippen LogP contribution in [0.15, 0.2) is 48.6 Å². The normalized spacial score (nSPS) is 29.3. The minimum Gasteiger partial charge on any atom is -0.394 e. The predicted molar refractivity (Wildman–Crippen MR) is 328 cm³/mol. The third-order valence-corrected chi connectivity index (χ3v) is 16.6. The lowest BCUT2D eigenvalue weighted by Crippen LogP contribution is -2.66. The first-order chi connectivity index (χ1) is 41.3. The monoisotopic (exact) mass is 1210 g/mol. The zero-order valence-corrected chi connectivity index (χ0v) is 52.1. The topological polar surface area (TPSA) is 307 Å². The molecule has 0 aromatic rings. The van der Waals surface area contributed by atoms with Crippen LogP contribution in [0.2, 0.25) is 0 Å². The van der Waals surface area contributed by atoms with Gasteiger partial charge in [0.25, 0.3) is 0 Å². The fourth-order valence-electron chi connectivity index (χ4n) is 11.1. The summed E-state index contributed by atoms with van der Waals surface area (Å²) in [5.74, 6) is -0.288. The molecule has 3 heterocycles. The standard InChI is InChI=1S/C66H119NO18/c1-3-5-7-9-11-13-15-17-19-21-22-23-24-25-26-28-30-32-34-36-38-40-42-44-54(72)67-49(50(71)43-41-39-37-35-33-31-29-27-20-18-16-14-12-10-8-6-4-2)48-80-64-60(78)57(75)62(52(46-69)82-64)85-66-61(79)58(76)63(53(47-70)83-66)84-65-59(77)56(74)55(73)51(45-68)81-65/h15,17,21-22,33,35,41,43,49-53,55-66,68-71,73-79H,3-14,16,18-20,23-32,34,36-40,42,44-48H2,1-2H3,(H,67,72)/b17-15-,22-21-,35-33+,43-41+. The molecule has 17 atom stereocenters. The first-order valence-corrected chi connectivity index (χ1v) is 33.4. The maximum absolute atomic E-state index is 13.4. The van der Waals surface area contributed by atoms with Crippen LogP contribution in [-0.2, 0) is 33.2 Å². The van der Waals surface area contributed by atoms with Crippen LogP contribution in [0.25, 0.3) is 0 Å². The Morgan fingerprint density at radius 1 is 0.424 bits per heavy atom. The molecule has 19 heteroatoms. The Labute approximate surface area is 510 Å². The molecule has 0 bridgehead atoms. The van der Waals surface area contributed by atoms with E-state index in [1.165, 1.54) is 148 Å². The van der Waals surface area contributed by atoms with Crippen molar-refractivity contribution in [3.05, 3.63) is 48.6 Å². The van der Waals surface area contributed by atoms with Gasteiger partial charge < -0.3 is 89.9 Å². The molecule has 17 unspecified atom stereocenters. The molecule has 3 aliphatic heterocycles. The van der Waals surface area contributed by atoms with Crippen molar-refractivity contribution in [2.24, 2.45) is 0 Å². The molecule has 1 amide bonds. The van der Waals surface area contributed by atoms with Crippen molar-refractivity contribution in [2.45, 2.75) is 336 Å². The van der Waals surface area contributed by atoms with Crippen molar-refractivity contribution >= 4 is 5.91 Å².